The highest BCUT2D eigenvalue weighted by molar-refractivity contribution is 6.33. The Balaban J connectivity index is 1.60. The fourth-order valence-corrected chi connectivity index (χ4v) is 3.76. The lowest BCUT2D eigenvalue weighted by Gasteiger charge is -2.14. The van der Waals surface area contributed by atoms with E-state index < -0.39 is 52.8 Å². The van der Waals surface area contributed by atoms with Crippen LogP contribution in [0.3, 0.4) is 0 Å². The summed E-state index contributed by atoms with van der Waals surface area (Å²) in [5.74, 6) is -2.58. The van der Waals surface area contributed by atoms with Gasteiger partial charge in [-0.25, -0.2) is 0 Å². The molecule has 3 aromatic carbocycles. The standard InChI is InChI=1S/C25H13Cl2F6NO4/c26-14-4-1-12(2-5-14)21-22(36)16-7-6-15(10-19(16)38-23(21)25(31,32)33)37-11-20(35)34-18-9-13(24(28,29)30)3-8-17(18)27/h1-10H,11H2,(H,34,35). The molecule has 0 aliphatic heterocycles. The van der Waals surface area contributed by atoms with Gasteiger partial charge in [0.1, 0.15) is 11.3 Å². The molecule has 1 heterocycles. The molecule has 0 saturated heterocycles. The van der Waals surface area contributed by atoms with Gasteiger partial charge >= 0.3 is 12.4 Å². The molecule has 0 spiro atoms. The SMILES string of the molecule is O=C(COc1ccc2c(=O)c(-c3ccc(Cl)cc3)c(C(F)(F)F)oc2c1)Nc1cc(C(F)(F)F)ccc1Cl. The summed E-state index contributed by atoms with van der Waals surface area (Å²) in [4.78, 5) is 25.2. The first kappa shape index (κ1) is 27.3. The predicted octanol–water partition coefficient (Wildman–Crippen LogP) is 7.82. The summed E-state index contributed by atoms with van der Waals surface area (Å²) in [5, 5.41) is 2.09. The number of fused-ring (bicyclic) bond motifs is 1. The lowest BCUT2D eigenvalue weighted by atomic mass is 10.0. The average Bonchev–Trinajstić information content (AvgIpc) is 2.83. The molecule has 0 fully saturated rings. The van der Waals surface area contributed by atoms with Crippen molar-refractivity contribution in [1.29, 1.82) is 0 Å². The number of amides is 1. The van der Waals surface area contributed by atoms with Crippen molar-refractivity contribution < 1.29 is 40.3 Å². The van der Waals surface area contributed by atoms with Gasteiger partial charge in [0.25, 0.3) is 5.91 Å². The number of alkyl halides is 6. The summed E-state index contributed by atoms with van der Waals surface area (Å²) in [7, 11) is 0. The van der Waals surface area contributed by atoms with Gasteiger partial charge in [-0.3, -0.25) is 9.59 Å². The van der Waals surface area contributed by atoms with Crippen molar-refractivity contribution in [3.05, 3.63) is 92.3 Å². The summed E-state index contributed by atoms with van der Waals surface area (Å²) in [6, 6.07) is 10.9. The number of halogens is 8. The van der Waals surface area contributed by atoms with Crippen LogP contribution in [0.4, 0.5) is 32.0 Å². The van der Waals surface area contributed by atoms with Crippen LogP contribution in [0, 0.1) is 0 Å². The van der Waals surface area contributed by atoms with Gasteiger partial charge in [0.15, 0.2) is 6.61 Å². The van der Waals surface area contributed by atoms with E-state index in [2.05, 4.69) is 5.32 Å². The van der Waals surface area contributed by atoms with E-state index in [-0.39, 0.29) is 32.4 Å². The van der Waals surface area contributed by atoms with E-state index in [1.165, 1.54) is 30.3 Å². The fraction of sp³-hybridized carbons (Fsp3) is 0.120. The van der Waals surface area contributed by atoms with Crippen LogP contribution in [0.25, 0.3) is 22.1 Å². The zero-order valence-corrected chi connectivity index (χ0v) is 20.1. The van der Waals surface area contributed by atoms with Gasteiger partial charge in [0.2, 0.25) is 11.2 Å². The molecular formula is C25H13Cl2F6NO4. The smallest absolute Gasteiger partial charge is 0.450 e. The molecule has 1 N–H and O–H groups in total. The quantitative estimate of drug-likeness (QED) is 0.246. The van der Waals surface area contributed by atoms with Crippen molar-refractivity contribution in [1.82, 2.24) is 0 Å². The van der Waals surface area contributed by atoms with Gasteiger partial charge in [0.05, 0.1) is 27.2 Å². The van der Waals surface area contributed by atoms with E-state index in [1.54, 1.807) is 0 Å². The third kappa shape index (κ3) is 5.89. The van der Waals surface area contributed by atoms with Crippen LogP contribution in [0.5, 0.6) is 5.75 Å². The number of ether oxygens (including phenoxy) is 1. The first-order valence-corrected chi connectivity index (χ1v) is 11.2. The van der Waals surface area contributed by atoms with Crippen LogP contribution in [0.2, 0.25) is 10.0 Å². The Kier molecular flexibility index (Phi) is 7.35. The average molecular weight is 576 g/mol. The third-order valence-corrected chi connectivity index (χ3v) is 5.77. The van der Waals surface area contributed by atoms with Crippen LogP contribution in [0.1, 0.15) is 11.3 Å². The second kappa shape index (κ2) is 10.2. The first-order valence-electron chi connectivity index (χ1n) is 10.5. The van der Waals surface area contributed by atoms with Gasteiger partial charge in [-0.15, -0.1) is 0 Å². The minimum Gasteiger partial charge on any atom is -0.484 e. The zero-order valence-electron chi connectivity index (χ0n) is 18.6. The van der Waals surface area contributed by atoms with E-state index in [0.29, 0.717) is 6.07 Å². The minimum atomic E-state index is -5.02. The molecule has 0 bridgehead atoms. The molecule has 0 atom stereocenters. The van der Waals surface area contributed by atoms with Gasteiger partial charge in [-0.1, -0.05) is 35.3 Å². The highest BCUT2D eigenvalue weighted by Crippen LogP contribution is 2.38. The molecule has 4 aromatic rings. The number of benzene rings is 3. The Morgan fingerprint density at radius 3 is 2.21 bits per heavy atom. The number of carbonyl (C=O) groups is 1. The van der Waals surface area contributed by atoms with Crippen molar-refractivity contribution in [2.45, 2.75) is 12.4 Å². The maximum Gasteiger partial charge on any atom is 0.450 e. The summed E-state index contributed by atoms with van der Waals surface area (Å²) < 4.78 is 90.4. The molecule has 0 unspecified atom stereocenters. The second-order valence-corrected chi connectivity index (χ2v) is 8.67. The molecule has 0 aliphatic carbocycles. The molecule has 1 amide bonds. The Morgan fingerprint density at radius 1 is 0.895 bits per heavy atom. The maximum absolute atomic E-state index is 13.8. The van der Waals surface area contributed by atoms with Crippen LogP contribution >= 0.6 is 23.2 Å². The molecule has 0 aliphatic rings. The Hall–Kier alpha value is -3.70. The highest BCUT2D eigenvalue weighted by Gasteiger charge is 2.39. The van der Waals surface area contributed by atoms with E-state index in [4.69, 9.17) is 32.4 Å². The molecule has 38 heavy (non-hydrogen) atoms. The number of rotatable bonds is 5. The highest BCUT2D eigenvalue weighted by atomic mass is 35.5. The van der Waals surface area contributed by atoms with Crippen molar-refractivity contribution in [3.63, 3.8) is 0 Å². The molecule has 4 rings (SSSR count). The van der Waals surface area contributed by atoms with Crippen LogP contribution < -0.4 is 15.5 Å². The predicted molar refractivity (Wildman–Crippen MR) is 129 cm³/mol. The first-order chi connectivity index (χ1) is 17.7. The number of hydrogen-bond acceptors (Lipinski definition) is 4. The van der Waals surface area contributed by atoms with E-state index >= 15 is 0 Å². The molecule has 198 valence electrons. The van der Waals surface area contributed by atoms with Crippen molar-refractivity contribution in [2.75, 3.05) is 11.9 Å². The molecular weight excluding hydrogens is 563 g/mol. The fourth-order valence-electron chi connectivity index (χ4n) is 3.47. The molecule has 0 radical (unpaired) electrons. The van der Waals surface area contributed by atoms with Gasteiger partial charge < -0.3 is 14.5 Å². The Morgan fingerprint density at radius 2 is 1.58 bits per heavy atom. The summed E-state index contributed by atoms with van der Waals surface area (Å²) >= 11 is 11.6. The largest absolute Gasteiger partial charge is 0.484 e. The number of nitrogens with one attached hydrogen (secondary N) is 1. The van der Waals surface area contributed by atoms with Crippen molar-refractivity contribution in [2.24, 2.45) is 0 Å². The molecule has 0 saturated carbocycles. The minimum absolute atomic E-state index is 0.0531. The van der Waals surface area contributed by atoms with Gasteiger partial charge in [-0.05, 0) is 48.0 Å². The molecule has 1 aromatic heterocycles. The normalized spacial score (nSPS) is 12.0. The summed E-state index contributed by atoms with van der Waals surface area (Å²) in [5.41, 5.74) is -3.52. The lowest BCUT2D eigenvalue weighted by molar-refractivity contribution is -0.152. The van der Waals surface area contributed by atoms with E-state index in [9.17, 15) is 35.9 Å². The van der Waals surface area contributed by atoms with E-state index in [1.807, 2.05) is 0 Å². The lowest BCUT2D eigenvalue weighted by Crippen LogP contribution is -2.21. The van der Waals surface area contributed by atoms with Crippen molar-refractivity contribution in [3.8, 4) is 16.9 Å². The second-order valence-electron chi connectivity index (χ2n) is 7.83. The summed E-state index contributed by atoms with van der Waals surface area (Å²) in [6.45, 7) is -0.739. The molecule has 13 heteroatoms. The monoisotopic (exact) mass is 575 g/mol. The Labute approximate surface area is 219 Å². The topological polar surface area (TPSA) is 68.5 Å². The zero-order chi connectivity index (χ0) is 27.8. The van der Waals surface area contributed by atoms with Crippen molar-refractivity contribution >= 4 is 45.8 Å². The number of hydrogen-bond donors (Lipinski definition) is 1. The maximum atomic E-state index is 13.8. The number of anilines is 1. The Bertz CT molecular complexity index is 1580. The van der Waals surface area contributed by atoms with Gasteiger partial charge in [0, 0.05) is 11.1 Å². The van der Waals surface area contributed by atoms with Gasteiger partial charge in [-0.2, -0.15) is 26.3 Å². The number of carbonyl (C=O) groups excluding carboxylic acids is 1. The third-order valence-electron chi connectivity index (χ3n) is 5.19. The van der Waals surface area contributed by atoms with Crippen LogP contribution in [-0.4, -0.2) is 12.5 Å². The van der Waals surface area contributed by atoms with E-state index in [0.717, 1.165) is 24.3 Å². The summed E-state index contributed by atoms with van der Waals surface area (Å²) in [6.07, 6.45) is -9.69. The molecule has 5 nitrogen and oxygen atoms in total. The van der Waals surface area contributed by atoms with Crippen LogP contribution in [0.15, 0.2) is 69.9 Å². The van der Waals surface area contributed by atoms with Crippen LogP contribution in [-0.2, 0) is 17.1 Å².